The van der Waals surface area contributed by atoms with Gasteiger partial charge in [-0.25, -0.2) is 4.79 Å². The highest BCUT2D eigenvalue weighted by Gasteiger charge is 2.18. The van der Waals surface area contributed by atoms with E-state index in [2.05, 4.69) is 6.92 Å². The number of rotatable bonds is 10. The fraction of sp³-hybridized carbons (Fsp3) is 0.385. The van der Waals surface area contributed by atoms with E-state index < -0.39 is 0 Å². The molecule has 32 heavy (non-hydrogen) atoms. The van der Waals surface area contributed by atoms with Crippen molar-refractivity contribution in [2.75, 3.05) is 38.4 Å². The molecule has 6 heteroatoms. The van der Waals surface area contributed by atoms with Crippen molar-refractivity contribution in [1.82, 2.24) is 0 Å². The predicted molar refractivity (Wildman–Crippen MR) is 126 cm³/mol. The van der Waals surface area contributed by atoms with Crippen LogP contribution in [0.25, 0.3) is 17.2 Å². The topological polar surface area (TPSA) is 65.1 Å². The van der Waals surface area contributed by atoms with Crippen LogP contribution in [0.2, 0.25) is 0 Å². The van der Waals surface area contributed by atoms with Crippen LogP contribution in [-0.4, -0.2) is 45.9 Å². The summed E-state index contributed by atoms with van der Waals surface area (Å²) in [6.45, 7) is 4.56. The number of carbonyl (C=O) groups excluding carboxylic acids is 2. The average Bonchev–Trinajstić information content (AvgIpc) is 2.81. The molecule has 0 aromatic heterocycles. The Kier molecular flexibility index (Phi) is 8.87. The number of benzene rings is 2. The molecule has 0 aliphatic carbocycles. The summed E-state index contributed by atoms with van der Waals surface area (Å²) >= 11 is 0. The fourth-order valence-corrected chi connectivity index (χ4v) is 3.64. The lowest BCUT2D eigenvalue weighted by Gasteiger charge is -2.23. The highest BCUT2D eigenvalue weighted by molar-refractivity contribution is 5.96. The van der Waals surface area contributed by atoms with Crippen LogP contribution in [0, 0.1) is 0 Å². The number of nitrogens with zero attached hydrogens (tertiary/aromatic N) is 1. The second-order valence-corrected chi connectivity index (χ2v) is 7.68. The molecule has 0 N–H and O–H groups in total. The van der Waals surface area contributed by atoms with Crippen molar-refractivity contribution in [3.8, 4) is 16.9 Å². The smallest absolute Gasteiger partial charge is 0.333 e. The van der Waals surface area contributed by atoms with Crippen LogP contribution in [0.5, 0.6) is 5.75 Å². The molecule has 0 bridgehead atoms. The number of unbranched alkanes of at least 4 members (excludes halogenated alkanes) is 1. The Balaban J connectivity index is 1.77. The van der Waals surface area contributed by atoms with E-state index in [1.807, 2.05) is 48.5 Å². The lowest BCUT2D eigenvalue weighted by Crippen LogP contribution is -2.25. The number of methoxy groups -OCH3 is 1. The first-order valence-corrected chi connectivity index (χ1v) is 11.1. The van der Waals surface area contributed by atoms with Crippen LogP contribution in [0.3, 0.4) is 0 Å². The normalized spacial score (nSPS) is 15.1. The van der Waals surface area contributed by atoms with Crippen molar-refractivity contribution in [3.63, 3.8) is 0 Å². The summed E-state index contributed by atoms with van der Waals surface area (Å²) in [4.78, 5) is 25.4. The van der Waals surface area contributed by atoms with Crippen molar-refractivity contribution >= 4 is 24.1 Å². The van der Waals surface area contributed by atoms with Crippen LogP contribution >= 0.6 is 0 Å². The first kappa shape index (κ1) is 23.5. The average molecular weight is 438 g/mol. The number of carbonyl (C=O) groups is 2. The van der Waals surface area contributed by atoms with Crippen molar-refractivity contribution in [2.24, 2.45) is 0 Å². The molecule has 2 aromatic rings. The molecule has 0 saturated carbocycles. The van der Waals surface area contributed by atoms with Gasteiger partial charge in [0, 0.05) is 18.7 Å². The SMILES string of the molecule is CCCCOCCOc1ccc(-c2ccc3c(c2)/C=C(/C(=O)OC)CCCN3C=O)cc1. The number of hydrogen-bond acceptors (Lipinski definition) is 5. The summed E-state index contributed by atoms with van der Waals surface area (Å²) in [7, 11) is 1.39. The molecule has 2 aromatic carbocycles. The summed E-state index contributed by atoms with van der Waals surface area (Å²) in [5, 5.41) is 0. The van der Waals surface area contributed by atoms with E-state index in [9.17, 15) is 9.59 Å². The molecule has 0 fully saturated rings. The zero-order valence-electron chi connectivity index (χ0n) is 18.8. The van der Waals surface area contributed by atoms with Crippen LogP contribution in [0.1, 0.15) is 38.2 Å². The third-order valence-corrected chi connectivity index (χ3v) is 5.41. The number of hydrogen-bond donors (Lipinski definition) is 0. The van der Waals surface area contributed by atoms with Gasteiger partial charge in [-0.2, -0.15) is 0 Å². The maximum atomic E-state index is 12.1. The van der Waals surface area contributed by atoms with Gasteiger partial charge >= 0.3 is 5.97 Å². The van der Waals surface area contributed by atoms with E-state index >= 15 is 0 Å². The molecule has 170 valence electrons. The van der Waals surface area contributed by atoms with E-state index in [0.717, 1.165) is 54.0 Å². The molecule has 0 radical (unpaired) electrons. The second-order valence-electron chi connectivity index (χ2n) is 7.68. The molecule has 0 saturated heterocycles. The van der Waals surface area contributed by atoms with Gasteiger partial charge in [-0.05, 0) is 66.3 Å². The molecule has 3 rings (SSSR count). The summed E-state index contributed by atoms with van der Waals surface area (Å²) in [6.07, 6.45) is 6.12. The van der Waals surface area contributed by atoms with Gasteiger partial charge in [0.05, 0.1) is 19.4 Å². The zero-order valence-corrected chi connectivity index (χ0v) is 18.8. The van der Waals surface area contributed by atoms with E-state index in [0.29, 0.717) is 38.2 Å². The van der Waals surface area contributed by atoms with E-state index in [1.165, 1.54) is 7.11 Å². The third-order valence-electron chi connectivity index (χ3n) is 5.41. The van der Waals surface area contributed by atoms with E-state index in [4.69, 9.17) is 14.2 Å². The Morgan fingerprint density at radius 2 is 1.84 bits per heavy atom. The van der Waals surface area contributed by atoms with Gasteiger partial charge in [-0.15, -0.1) is 0 Å². The standard InChI is InChI=1S/C26H31NO5/c1-3-4-14-31-15-16-32-24-10-7-20(8-11-24)21-9-12-25-23(17-21)18-22(26(29)30-2)6-5-13-27(25)19-28/h7-12,17-19H,3-6,13-16H2,1-2H3/b22-18+. The summed E-state index contributed by atoms with van der Waals surface area (Å²) in [5.41, 5.74) is 4.23. The maximum absolute atomic E-state index is 12.1. The van der Waals surface area contributed by atoms with Crippen molar-refractivity contribution in [2.45, 2.75) is 32.6 Å². The molecule has 0 unspecified atom stereocenters. The molecule has 1 amide bonds. The predicted octanol–water partition coefficient (Wildman–Crippen LogP) is 4.86. The second kappa shape index (κ2) is 12.1. The molecule has 0 spiro atoms. The number of ether oxygens (including phenoxy) is 3. The van der Waals surface area contributed by atoms with Crippen molar-refractivity contribution < 1.29 is 23.8 Å². The minimum absolute atomic E-state index is 0.332. The minimum atomic E-state index is -0.332. The molecule has 1 heterocycles. The highest BCUT2D eigenvalue weighted by Crippen LogP contribution is 2.32. The maximum Gasteiger partial charge on any atom is 0.333 e. The molecule has 0 atom stereocenters. The summed E-state index contributed by atoms with van der Waals surface area (Å²) in [6, 6.07) is 13.8. The lowest BCUT2D eigenvalue weighted by molar-refractivity contribution is -0.136. The van der Waals surface area contributed by atoms with Crippen LogP contribution in [0.4, 0.5) is 5.69 Å². The fourth-order valence-electron chi connectivity index (χ4n) is 3.64. The number of esters is 1. The molecular weight excluding hydrogens is 406 g/mol. The van der Waals surface area contributed by atoms with Gasteiger partial charge < -0.3 is 19.1 Å². The Morgan fingerprint density at radius 3 is 2.56 bits per heavy atom. The first-order chi connectivity index (χ1) is 15.7. The number of fused-ring (bicyclic) bond motifs is 1. The van der Waals surface area contributed by atoms with Crippen LogP contribution in [0.15, 0.2) is 48.0 Å². The van der Waals surface area contributed by atoms with Crippen LogP contribution < -0.4 is 9.64 Å². The van der Waals surface area contributed by atoms with Crippen molar-refractivity contribution in [3.05, 3.63) is 53.6 Å². The molecular formula is C26H31NO5. The Hall–Kier alpha value is -3.12. The molecule has 1 aliphatic rings. The van der Waals surface area contributed by atoms with E-state index in [1.54, 1.807) is 4.90 Å². The quantitative estimate of drug-likeness (QED) is 0.302. The molecule has 6 nitrogen and oxygen atoms in total. The summed E-state index contributed by atoms with van der Waals surface area (Å²) < 4.78 is 16.2. The number of amides is 1. The largest absolute Gasteiger partial charge is 0.491 e. The first-order valence-electron chi connectivity index (χ1n) is 11.1. The van der Waals surface area contributed by atoms with Gasteiger partial charge in [0.2, 0.25) is 6.41 Å². The van der Waals surface area contributed by atoms with Gasteiger partial charge in [0.25, 0.3) is 0 Å². The highest BCUT2D eigenvalue weighted by atomic mass is 16.5. The van der Waals surface area contributed by atoms with Gasteiger partial charge in [0.1, 0.15) is 12.4 Å². The van der Waals surface area contributed by atoms with E-state index in [-0.39, 0.29) is 5.97 Å². The Labute approximate surface area is 189 Å². The monoisotopic (exact) mass is 437 g/mol. The van der Waals surface area contributed by atoms with Gasteiger partial charge in [-0.3, -0.25) is 4.79 Å². The molecule has 1 aliphatic heterocycles. The summed E-state index contributed by atoms with van der Waals surface area (Å²) in [5.74, 6) is 0.458. The minimum Gasteiger partial charge on any atom is -0.491 e. The Morgan fingerprint density at radius 1 is 1.06 bits per heavy atom. The zero-order chi connectivity index (χ0) is 22.8. The number of anilines is 1. The van der Waals surface area contributed by atoms with Crippen LogP contribution in [-0.2, 0) is 19.1 Å². The lowest BCUT2D eigenvalue weighted by atomic mass is 9.97. The van der Waals surface area contributed by atoms with Gasteiger partial charge in [0.15, 0.2) is 0 Å². The van der Waals surface area contributed by atoms with Crippen molar-refractivity contribution in [1.29, 1.82) is 0 Å². The Bertz CT molecular complexity index is 936. The third kappa shape index (κ3) is 6.20. The van der Waals surface area contributed by atoms with Gasteiger partial charge in [-0.1, -0.05) is 31.5 Å².